The number of sulfonamides is 1. The number of aromatic amines is 1. The first-order valence-corrected chi connectivity index (χ1v) is 9.47. The van der Waals surface area contributed by atoms with Gasteiger partial charge in [-0.25, -0.2) is 13.4 Å². The molecule has 0 spiro atoms. The highest BCUT2D eigenvalue weighted by atomic mass is 32.2. The van der Waals surface area contributed by atoms with Crippen molar-refractivity contribution in [2.75, 3.05) is 6.54 Å². The third-order valence-corrected chi connectivity index (χ3v) is 6.50. The number of aromatic nitrogens is 3. The van der Waals surface area contributed by atoms with Crippen LogP contribution in [0.3, 0.4) is 0 Å². The molecule has 0 saturated heterocycles. The van der Waals surface area contributed by atoms with Crippen molar-refractivity contribution >= 4 is 10.0 Å². The van der Waals surface area contributed by atoms with Gasteiger partial charge < -0.3 is 9.51 Å². The van der Waals surface area contributed by atoms with Crippen molar-refractivity contribution in [3.8, 4) is 11.4 Å². The van der Waals surface area contributed by atoms with Crippen LogP contribution in [0, 0.1) is 13.8 Å². The molecule has 3 heterocycles. The predicted octanol–water partition coefficient (Wildman–Crippen LogP) is 2.43. The summed E-state index contributed by atoms with van der Waals surface area (Å²) in [4.78, 5) is 8.06. The largest absolute Gasteiger partial charge is 0.360 e. The Morgan fingerprint density at radius 3 is 2.64 bits per heavy atom. The van der Waals surface area contributed by atoms with E-state index in [0.29, 0.717) is 24.4 Å². The highest BCUT2D eigenvalue weighted by Crippen LogP contribution is 2.29. The van der Waals surface area contributed by atoms with Gasteiger partial charge in [-0.1, -0.05) is 35.5 Å². The third kappa shape index (κ3) is 2.67. The van der Waals surface area contributed by atoms with Gasteiger partial charge in [0.15, 0.2) is 5.76 Å². The molecular formula is C17H18N4O3S. The molecule has 1 aliphatic heterocycles. The molecular weight excluding hydrogens is 340 g/mol. The molecule has 2 aromatic heterocycles. The maximum atomic E-state index is 13.0. The van der Waals surface area contributed by atoms with E-state index in [1.54, 1.807) is 13.8 Å². The Balaban J connectivity index is 1.67. The summed E-state index contributed by atoms with van der Waals surface area (Å²) in [5.41, 5.74) is 3.12. The van der Waals surface area contributed by atoms with Crippen LogP contribution in [0.15, 0.2) is 39.8 Å². The minimum Gasteiger partial charge on any atom is -0.360 e. The summed E-state index contributed by atoms with van der Waals surface area (Å²) in [5.74, 6) is 1.08. The lowest BCUT2D eigenvalue weighted by molar-refractivity contribution is 0.378. The zero-order valence-electron chi connectivity index (χ0n) is 14.0. The number of nitrogens with zero attached hydrogens (tertiary/aromatic N) is 3. The van der Waals surface area contributed by atoms with Gasteiger partial charge in [-0.15, -0.1) is 0 Å². The normalized spacial score (nSPS) is 15.3. The Hall–Kier alpha value is -2.45. The molecule has 4 rings (SSSR count). The van der Waals surface area contributed by atoms with Crippen LogP contribution in [0.25, 0.3) is 11.4 Å². The summed E-state index contributed by atoms with van der Waals surface area (Å²) in [6.45, 7) is 3.91. The molecule has 0 bridgehead atoms. The van der Waals surface area contributed by atoms with Crippen molar-refractivity contribution in [1.29, 1.82) is 0 Å². The number of nitrogens with one attached hydrogen (secondary N) is 1. The number of hydrogen-bond acceptors (Lipinski definition) is 5. The molecule has 1 N–H and O–H groups in total. The summed E-state index contributed by atoms with van der Waals surface area (Å²) in [6, 6.07) is 9.80. The van der Waals surface area contributed by atoms with Gasteiger partial charge in [0.1, 0.15) is 16.4 Å². The smallest absolute Gasteiger partial charge is 0.248 e. The van der Waals surface area contributed by atoms with E-state index < -0.39 is 10.0 Å². The molecule has 1 aliphatic rings. The van der Waals surface area contributed by atoms with Crippen LogP contribution >= 0.6 is 0 Å². The van der Waals surface area contributed by atoms with Gasteiger partial charge in [0.2, 0.25) is 10.0 Å². The molecule has 25 heavy (non-hydrogen) atoms. The number of rotatable bonds is 3. The van der Waals surface area contributed by atoms with Crippen LogP contribution in [0.5, 0.6) is 0 Å². The third-order valence-electron chi connectivity index (χ3n) is 4.41. The van der Waals surface area contributed by atoms with E-state index in [9.17, 15) is 8.42 Å². The molecule has 130 valence electrons. The van der Waals surface area contributed by atoms with Crippen LogP contribution in [0.4, 0.5) is 0 Å². The molecule has 0 atom stereocenters. The van der Waals surface area contributed by atoms with Gasteiger partial charge in [0, 0.05) is 18.5 Å². The lowest BCUT2D eigenvalue weighted by atomic mass is 10.2. The molecule has 0 fully saturated rings. The second-order valence-corrected chi connectivity index (χ2v) is 7.99. The van der Waals surface area contributed by atoms with Gasteiger partial charge in [0.25, 0.3) is 0 Å². The van der Waals surface area contributed by atoms with Crippen molar-refractivity contribution in [3.05, 3.63) is 53.2 Å². The quantitative estimate of drug-likeness (QED) is 0.776. The zero-order chi connectivity index (χ0) is 17.6. The van der Waals surface area contributed by atoms with Gasteiger partial charge in [-0.3, -0.25) is 0 Å². The Bertz CT molecular complexity index is 1000. The van der Waals surface area contributed by atoms with Crippen molar-refractivity contribution in [2.45, 2.75) is 31.7 Å². The van der Waals surface area contributed by atoms with E-state index in [2.05, 4.69) is 15.1 Å². The monoisotopic (exact) mass is 358 g/mol. The Kier molecular flexibility index (Phi) is 3.73. The van der Waals surface area contributed by atoms with Gasteiger partial charge in [-0.05, 0) is 13.8 Å². The molecule has 0 radical (unpaired) electrons. The Morgan fingerprint density at radius 2 is 1.96 bits per heavy atom. The van der Waals surface area contributed by atoms with E-state index in [-0.39, 0.29) is 11.4 Å². The van der Waals surface area contributed by atoms with Crippen molar-refractivity contribution < 1.29 is 12.9 Å². The van der Waals surface area contributed by atoms with Crippen LogP contribution < -0.4 is 0 Å². The maximum absolute atomic E-state index is 13.0. The number of H-pyrrole nitrogens is 1. The zero-order valence-corrected chi connectivity index (χ0v) is 14.8. The number of imidazole rings is 1. The summed E-state index contributed by atoms with van der Waals surface area (Å²) in [7, 11) is -3.65. The first kappa shape index (κ1) is 16.0. The molecule has 0 amide bonds. The number of fused-ring (bicyclic) bond motifs is 1. The van der Waals surface area contributed by atoms with E-state index in [1.165, 1.54) is 4.31 Å². The summed E-state index contributed by atoms with van der Waals surface area (Å²) in [5, 5.41) is 3.76. The number of benzene rings is 1. The lowest BCUT2D eigenvalue weighted by Crippen LogP contribution is -2.36. The van der Waals surface area contributed by atoms with Crippen molar-refractivity contribution in [1.82, 2.24) is 19.4 Å². The first-order valence-electron chi connectivity index (χ1n) is 8.03. The summed E-state index contributed by atoms with van der Waals surface area (Å²) >= 11 is 0. The fraction of sp³-hybridized carbons (Fsp3) is 0.294. The molecule has 1 aromatic carbocycles. The predicted molar refractivity (Wildman–Crippen MR) is 91.3 cm³/mol. The average Bonchev–Trinajstić information content (AvgIpc) is 3.18. The molecule has 8 heteroatoms. The summed E-state index contributed by atoms with van der Waals surface area (Å²) < 4.78 is 32.4. The second kappa shape index (κ2) is 5.82. The second-order valence-electron chi connectivity index (χ2n) is 6.12. The standard InChI is InChI=1S/C17H18N4O3S/c1-11-16(12(2)24-20-11)25(22,23)21-9-8-14-15(10-21)19-17(18-14)13-6-4-3-5-7-13/h3-7H,8-10H2,1-2H3,(H,18,19). The summed E-state index contributed by atoms with van der Waals surface area (Å²) in [6.07, 6.45) is 0.571. The molecule has 0 aliphatic carbocycles. The van der Waals surface area contributed by atoms with Crippen LogP contribution in [0.1, 0.15) is 22.8 Å². The van der Waals surface area contributed by atoms with E-state index >= 15 is 0 Å². The first-order chi connectivity index (χ1) is 12.0. The SMILES string of the molecule is Cc1noc(C)c1S(=O)(=O)N1CCc2nc(-c3ccccc3)[nH]c2C1. The number of aryl methyl sites for hydroxylation is 2. The van der Waals surface area contributed by atoms with Crippen LogP contribution in [-0.2, 0) is 23.0 Å². The average molecular weight is 358 g/mol. The minimum atomic E-state index is -3.65. The minimum absolute atomic E-state index is 0.166. The van der Waals surface area contributed by atoms with Crippen LogP contribution in [-0.4, -0.2) is 34.4 Å². The topological polar surface area (TPSA) is 92.1 Å². The van der Waals surface area contributed by atoms with E-state index in [1.807, 2.05) is 30.3 Å². The molecule has 0 unspecified atom stereocenters. The molecule has 0 saturated carbocycles. The van der Waals surface area contributed by atoms with Crippen molar-refractivity contribution in [2.24, 2.45) is 0 Å². The molecule has 3 aromatic rings. The van der Waals surface area contributed by atoms with Gasteiger partial charge >= 0.3 is 0 Å². The van der Waals surface area contributed by atoms with Crippen LogP contribution in [0.2, 0.25) is 0 Å². The fourth-order valence-electron chi connectivity index (χ4n) is 3.18. The highest BCUT2D eigenvalue weighted by molar-refractivity contribution is 7.89. The Morgan fingerprint density at radius 1 is 1.20 bits per heavy atom. The fourth-order valence-corrected chi connectivity index (χ4v) is 4.88. The lowest BCUT2D eigenvalue weighted by Gasteiger charge is -2.25. The van der Waals surface area contributed by atoms with Gasteiger partial charge in [-0.2, -0.15) is 4.31 Å². The van der Waals surface area contributed by atoms with E-state index in [4.69, 9.17) is 4.52 Å². The highest BCUT2D eigenvalue weighted by Gasteiger charge is 2.34. The van der Waals surface area contributed by atoms with E-state index in [0.717, 1.165) is 22.8 Å². The Labute approximate surface area is 145 Å². The molecule has 7 nitrogen and oxygen atoms in total. The van der Waals surface area contributed by atoms with Crippen molar-refractivity contribution in [3.63, 3.8) is 0 Å². The number of hydrogen-bond donors (Lipinski definition) is 1. The van der Waals surface area contributed by atoms with Gasteiger partial charge in [0.05, 0.1) is 17.9 Å². The maximum Gasteiger partial charge on any atom is 0.248 e.